The minimum atomic E-state index is -0.563. The largest absolute Gasteiger partial charge is 0.491 e. The van der Waals surface area contributed by atoms with E-state index in [9.17, 15) is 15.2 Å². The number of nitro groups is 1. The van der Waals surface area contributed by atoms with Gasteiger partial charge in [-0.25, -0.2) is 0 Å². The van der Waals surface area contributed by atoms with E-state index in [-0.39, 0.29) is 12.3 Å². The lowest BCUT2D eigenvalue weighted by atomic mass is 10.2. The van der Waals surface area contributed by atoms with E-state index < -0.39 is 11.0 Å². The van der Waals surface area contributed by atoms with E-state index in [1.54, 1.807) is 12.1 Å². The molecule has 2 aromatic carbocycles. The molecule has 1 unspecified atom stereocenters. The first-order chi connectivity index (χ1) is 13.1. The molecule has 1 saturated heterocycles. The highest BCUT2D eigenvalue weighted by molar-refractivity contribution is 5.46. The molecule has 1 atom stereocenters. The molecule has 0 amide bonds. The predicted octanol–water partition coefficient (Wildman–Crippen LogP) is 2.55. The van der Waals surface area contributed by atoms with Crippen LogP contribution in [0.25, 0.3) is 0 Å². The lowest BCUT2D eigenvalue weighted by Crippen LogP contribution is -2.47. The Bertz CT molecular complexity index is 716. The third kappa shape index (κ3) is 5.67. The molecule has 144 valence electrons. The standard InChI is InChI=1S/C20H25N3O4/c24-19(16-27-20-8-6-18(7-9-20)23(25)26)10-11-21-12-14-22(15-13-21)17-4-2-1-3-5-17/h1-9,19,24H,10-16H2. The van der Waals surface area contributed by atoms with Gasteiger partial charge in [-0.3, -0.25) is 15.0 Å². The Morgan fingerprint density at radius 2 is 1.70 bits per heavy atom. The molecule has 1 heterocycles. The number of hydrogen-bond donors (Lipinski definition) is 1. The van der Waals surface area contributed by atoms with Gasteiger partial charge in [-0.15, -0.1) is 0 Å². The Kier molecular flexibility index (Phi) is 6.62. The molecule has 0 aliphatic carbocycles. The van der Waals surface area contributed by atoms with Gasteiger partial charge in [-0.2, -0.15) is 0 Å². The first-order valence-corrected chi connectivity index (χ1v) is 9.19. The molecular formula is C20H25N3O4. The molecular weight excluding hydrogens is 346 g/mol. The van der Waals surface area contributed by atoms with Crippen LogP contribution >= 0.6 is 0 Å². The van der Waals surface area contributed by atoms with Gasteiger partial charge in [-0.1, -0.05) is 18.2 Å². The number of ether oxygens (including phenoxy) is 1. The molecule has 0 spiro atoms. The minimum Gasteiger partial charge on any atom is -0.491 e. The van der Waals surface area contributed by atoms with Crippen molar-refractivity contribution in [1.29, 1.82) is 0 Å². The van der Waals surface area contributed by atoms with Crippen LogP contribution in [0.15, 0.2) is 54.6 Å². The van der Waals surface area contributed by atoms with Crippen LogP contribution in [0.5, 0.6) is 5.75 Å². The molecule has 3 rings (SSSR count). The quantitative estimate of drug-likeness (QED) is 0.567. The maximum atomic E-state index is 10.6. The number of hydrogen-bond acceptors (Lipinski definition) is 6. The van der Waals surface area contributed by atoms with E-state index >= 15 is 0 Å². The van der Waals surface area contributed by atoms with Crippen molar-refractivity contribution >= 4 is 11.4 Å². The van der Waals surface area contributed by atoms with Gasteiger partial charge < -0.3 is 14.7 Å². The van der Waals surface area contributed by atoms with Gasteiger partial charge in [-0.05, 0) is 30.7 Å². The van der Waals surface area contributed by atoms with Crippen molar-refractivity contribution in [3.63, 3.8) is 0 Å². The van der Waals surface area contributed by atoms with Gasteiger partial charge in [0.1, 0.15) is 12.4 Å². The topological polar surface area (TPSA) is 79.1 Å². The molecule has 0 saturated carbocycles. The average molecular weight is 371 g/mol. The second kappa shape index (κ2) is 9.34. The Balaban J connectivity index is 1.35. The highest BCUT2D eigenvalue weighted by Gasteiger charge is 2.18. The van der Waals surface area contributed by atoms with E-state index in [0.717, 1.165) is 32.7 Å². The van der Waals surface area contributed by atoms with Gasteiger partial charge in [0, 0.05) is 50.5 Å². The molecule has 1 fully saturated rings. The predicted molar refractivity (Wildman–Crippen MR) is 104 cm³/mol. The Hall–Kier alpha value is -2.64. The fraction of sp³-hybridized carbons (Fsp3) is 0.400. The third-order valence-corrected chi connectivity index (χ3v) is 4.76. The van der Waals surface area contributed by atoms with Crippen LogP contribution in [0.3, 0.4) is 0 Å². The number of aliphatic hydroxyl groups is 1. The fourth-order valence-electron chi connectivity index (χ4n) is 3.14. The minimum absolute atomic E-state index is 0.0255. The summed E-state index contributed by atoms with van der Waals surface area (Å²) in [4.78, 5) is 14.9. The van der Waals surface area contributed by atoms with Gasteiger partial charge >= 0.3 is 0 Å². The first kappa shape index (κ1) is 19.1. The summed E-state index contributed by atoms with van der Waals surface area (Å²) < 4.78 is 5.52. The molecule has 0 bridgehead atoms. The van der Waals surface area contributed by atoms with Crippen LogP contribution in [-0.4, -0.2) is 60.4 Å². The van der Waals surface area contributed by atoms with Crippen LogP contribution in [0, 0.1) is 10.1 Å². The van der Waals surface area contributed by atoms with Crippen molar-refractivity contribution in [3.8, 4) is 5.75 Å². The van der Waals surface area contributed by atoms with Crippen LogP contribution in [0.1, 0.15) is 6.42 Å². The molecule has 2 aromatic rings. The molecule has 1 N–H and O–H groups in total. The van der Waals surface area contributed by atoms with E-state index in [4.69, 9.17) is 4.74 Å². The zero-order chi connectivity index (χ0) is 19.1. The lowest BCUT2D eigenvalue weighted by molar-refractivity contribution is -0.384. The van der Waals surface area contributed by atoms with Crippen molar-refractivity contribution in [2.45, 2.75) is 12.5 Å². The normalized spacial score (nSPS) is 16.1. The van der Waals surface area contributed by atoms with E-state index in [1.807, 2.05) is 6.07 Å². The second-order valence-electron chi connectivity index (χ2n) is 6.67. The molecule has 27 heavy (non-hydrogen) atoms. The molecule has 0 radical (unpaired) electrons. The molecule has 7 heteroatoms. The summed E-state index contributed by atoms with van der Waals surface area (Å²) in [6, 6.07) is 16.3. The summed E-state index contributed by atoms with van der Waals surface area (Å²) in [7, 11) is 0. The summed E-state index contributed by atoms with van der Waals surface area (Å²) >= 11 is 0. The first-order valence-electron chi connectivity index (χ1n) is 9.19. The zero-order valence-electron chi connectivity index (χ0n) is 15.2. The smallest absolute Gasteiger partial charge is 0.269 e. The molecule has 7 nitrogen and oxygen atoms in total. The molecule has 1 aliphatic rings. The Labute approximate surface area is 158 Å². The van der Waals surface area contributed by atoms with Gasteiger partial charge in [0.15, 0.2) is 0 Å². The van der Waals surface area contributed by atoms with Crippen LogP contribution in [0.4, 0.5) is 11.4 Å². The number of nitrogens with zero attached hydrogens (tertiary/aromatic N) is 3. The maximum absolute atomic E-state index is 10.6. The van der Waals surface area contributed by atoms with E-state index in [2.05, 4.69) is 34.1 Å². The van der Waals surface area contributed by atoms with Crippen molar-refractivity contribution in [3.05, 3.63) is 64.7 Å². The second-order valence-corrected chi connectivity index (χ2v) is 6.67. The number of piperazine rings is 1. The van der Waals surface area contributed by atoms with E-state index in [1.165, 1.54) is 17.8 Å². The highest BCUT2D eigenvalue weighted by Crippen LogP contribution is 2.18. The Morgan fingerprint density at radius 3 is 2.33 bits per heavy atom. The number of non-ortho nitro benzene ring substituents is 1. The third-order valence-electron chi connectivity index (χ3n) is 4.76. The van der Waals surface area contributed by atoms with Crippen molar-refractivity contribution in [2.24, 2.45) is 0 Å². The monoisotopic (exact) mass is 371 g/mol. The Morgan fingerprint density at radius 1 is 1.04 bits per heavy atom. The average Bonchev–Trinajstić information content (AvgIpc) is 2.72. The molecule has 1 aliphatic heterocycles. The molecule has 0 aromatic heterocycles. The number of rotatable bonds is 8. The number of benzene rings is 2. The number of aliphatic hydroxyl groups excluding tert-OH is 1. The summed E-state index contributed by atoms with van der Waals surface area (Å²) in [6.45, 7) is 4.93. The van der Waals surface area contributed by atoms with Crippen LogP contribution in [-0.2, 0) is 0 Å². The van der Waals surface area contributed by atoms with Crippen molar-refractivity contribution in [2.75, 3.05) is 44.2 Å². The van der Waals surface area contributed by atoms with Gasteiger partial charge in [0.05, 0.1) is 11.0 Å². The van der Waals surface area contributed by atoms with Gasteiger partial charge in [0.2, 0.25) is 0 Å². The van der Waals surface area contributed by atoms with Crippen molar-refractivity contribution < 1.29 is 14.8 Å². The van der Waals surface area contributed by atoms with Gasteiger partial charge in [0.25, 0.3) is 5.69 Å². The van der Waals surface area contributed by atoms with Crippen LogP contribution < -0.4 is 9.64 Å². The number of para-hydroxylation sites is 1. The van der Waals surface area contributed by atoms with Crippen LogP contribution in [0.2, 0.25) is 0 Å². The SMILES string of the molecule is O=[N+]([O-])c1ccc(OCC(O)CCN2CCN(c3ccccc3)CC2)cc1. The summed E-state index contributed by atoms with van der Waals surface area (Å²) in [5.41, 5.74) is 1.28. The highest BCUT2D eigenvalue weighted by atomic mass is 16.6. The lowest BCUT2D eigenvalue weighted by Gasteiger charge is -2.36. The fourth-order valence-corrected chi connectivity index (χ4v) is 3.14. The summed E-state index contributed by atoms with van der Waals surface area (Å²) in [6.07, 6.45) is 0.0746. The number of anilines is 1. The zero-order valence-corrected chi connectivity index (χ0v) is 15.2. The van der Waals surface area contributed by atoms with Crippen molar-refractivity contribution in [1.82, 2.24) is 4.90 Å². The van der Waals surface area contributed by atoms with E-state index in [0.29, 0.717) is 12.2 Å². The summed E-state index contributed by atoms with van der Waals surface area (Å²) in [5.74, 6) is 0.524. The summed E-state index contributed by atoms with van der Waals surface area (Å²) in [5, 5.41) is 20.8. The maximum Gasteiger partial charge on any atom is 0.269 e. The number of nitro benzene ring substituents is 1.